The Morgan fingerprint density at radius 2 is 1.66 bits per heavy atom. The molecule has 5 nitrogen and oxygen atoms in total. The summed E-state index contributed by atoms with van der Waals surface area (Å²) < 4.78 is 5.63. The van der Waals surface area contributed by atoms with Crippen molar-refractivity contribution in [3.05, 3.63) is 63.1 Å². The number of halogens is 3. The average Bonchev–Trinajstić information content (AvgIpc) is 2.78. The van der Waals surface area contributed by atoms with Crippen LogP contribution in [-0.2, 0) is 16.1 Å². The molecule has 2 aromatic rings. The molecule has 0 heterocycles. The van der Waals surface area contributed by atoms with E-state index < -0.39 is 6.04 Å². The molecular weight excluding hydrogens is 471 g/mol. The van der Waals surface area contributed by atoms with E-state index in [4.69, 9.17) is 39.5 Å². The van der Waals surface area contributed by atoms with E-state index in [1.807, 2.05) is 0 Å². The van der Waals surface area contributed by atoms with Crippen molar-refractivity contribution in [2.24, 2.45) is 0 Å². The van der Waals surface area contributed by atoms with Crippen LogP contribution in [0, 0.1) is 0 Å². The SMILES string of the molecule is CC(C(=O)NC1CCCCC1)N(Cc1c(Cl)cccc1Cl)C(=O)COc1ccc(Cl)cc1. The van der Waals surface area contributed by atoms with Crippen molar-refractivity contribution in [3.8, 4) is 5.75 Å². The first kappa shape index (κ1) is 24.7. The van der Waals surface area contributed by atoms with Gasteiger partial charge in [0.2, 0.25) is 5.91 Å². The first-order chi connectivity index (χ1) is 15.3. The second kappa shape index (κ2) is 11.8. The summed E-state index contributed by atoms with van der Waals surface area (Å²) >= 11 is 18.6. The number of carbonyl (C=O) groups is 2. The average molecular weight is 498 g/mol. The summed E-state index contributed by atoms with van der Waals surface area (Å²) in [5.41, 5.74) is 0.591. The molecule has 0 aliphatic heterocycles. The van der Waals surface area contributed by atoms with Crippen molar-refractivity contribution in [1.82, 2.24) is 10.2 Å². The highest BCUT2D eigenvalue weighted by Gasteiger charge is 2.29. The number of nitrogens with zero attached hydrogens (tertiary/aromatic N) is 1. The van der Waals surface area contributed by atoms with E-state index in [-0.39, 0.29) is 31.0 Å². The van der Waals surface area contributed by atoms with Gasteiger partial charge in [0.05, 0.1) is 0 Å². The van der Waals surface area contributed by atoms with Crippen LogP contribution >= 0.6 is 34.8 Å². The summed E-state index contributed by atoms with van der Waals surface area (Å²) in [6.45, 7) is 1.58. The van der Waals surface area contributed by atoms with Gasteiger partial charge < -0.3 is 15.0 Å². The van der Waals surface area contributed by atoms with E-state index in [1.165, 1.54) is 11.3 Å². The maximum Gasteiger partial charge on any atom is 0.261 e. The molecule has 1 aliphatic rings. The Morgan fingerprint density at radius 3 is 2.28 bits per heavy atom. The lowest BCUT2D eigenvalue weighted by molar-refractivity contribution is -0.142. The van der Waals surface area contributed by atoms with E-state index in [2.05, 4.69) is 5.32 Å². The molecular formula is C24H27Cl3N2O3. The van der Waals surface area contributed by atoms with Crippen LogP contribution in [0.2, 0.25) is 15.1 Å². The van der Waals surface area contributed by atoms with Crippen LogP contribution < -0.4 is 10.1 Å². The number of ether oxygens (including phenoxy) is 1. The van der Waals surface area contributed by atoms with Crippen LogP contribution in [0.1, 0.15) is 44.6 Å². The van der Waals surface area contributed by atoms with Gasteiger partial charge in [0.25, 0.3) is 5.91 Å². The summed E-state index contributed by atoms with van der Waals surface area (Å²) in [5, 5.41) is 4.55. The van der Waals surface area contributed by atoms with Crippen LogP contribution in [0.15, 0.2) is 42.5 Å². The normalized spacial score (nSPS) is 15.1. The maximum atomic E-state index is 13.2. The van der Waals surface area contributed by atoms with E-state index >= 15 is 0 Å². The number of hydrogen-bond acceptors (Lipinski definition) is 3. The second-order valence-corrected chi connectivity index (χ2v) is 9.23. The monoisotopic (exact) mass is 496 g/mol. The highest BCUT2D eigenvalue weighted by molar-refractivity contribution is 6.36. The van der Waals surface area contributed by atoms with Gasteiger partial charge in [-0.3, -0.25) is 9.59 Å². The van der Waals surface area contributed by atoms with Crippen molar-refractivity contribution in [2.75, 3.05) is 6.61 Å². The molecule has 3 rings (SSSR count). The third kappa shape index (κ3) is 6.77. The molecule has 1 unspecified atom stereocenters. The summed E-state index contributed by atoms with van der Waals surface area (Å²) in [7, 11) is 0. The number of rotatable bonds is 8. The van der Waals surface area contributed by atoms with Crippen LogP contribution in [0.4, 0.5) is 0 Å². The quantitative estimate of drug-likeness (QED) is 0.494. The molecule has 172 valence electrons. The number of benzene rings is 2. The first-order valence-electron chi connectivity index (χ1n) is 10.8. The third-order valence-corrected chi connectivity index (χ3v) is 6.65. The Kier molecular flexibility index (Phi) is 9.09. The van der Waals surface area contributed by atoms with Crippen LogP contribution in [-0.4, -0.2) is 35.4 Å². The summed E-state index contributed by atoms with van der Waals surface area (Å²) in [5.74, 6) is -0.0278. The van der Waals surface area contributed by atoms with Gasteiger partial charge in [-0.15, -0.1) is 0 Å². The van der Waals surface area contributed by atoms with Crippen LogP contribution in [0.5, 0.6) is 5.75 Å². The Bertz CT molecular complexity index is 910. The number of amides is 2. The molecule has 0 saturated heterocycles. The Balaban J connectivity index is 1.75. The fourth-order valence-electron chi connectivity index (χ4n) is 3.76. The molecule has 1 fully saturated rings. The van der Waals surface area contributed by atoms with Crippen molar-refractivity contribution in [2.45, 2.75) is 57.7 Å². The van der Waals surface area contributed by atoms with Crippen LogP contribution in [0.3, 0.4) is 0 Å². The predicted molar refractivity (Wildman–Crippen MR) is 128 cm³/mol. The molecule has 1 N–H and O–H groups in total. The maximum absolute atomic E-state index is 13.2. The van der Waals surface area contributed by atoms with Crippen molar-refractivity contribution < 1.29 is 14.3 Å². The molecule has 0 spiro atoms. The Hall–Kier alpha value is -1.95. The summed E-state index contributed by atoms with van der Waals surface area (Å²) in [6, 6.07) is 11.3. The van der Waals surface area contributed by atoms with Gasteiger partial charge in [-0.05, 0) is 56.2 Å². The first-order valence-corrected chi connectivity index (χ1v) is 11.9. The molecule has 2 aromatic carbocycles. The number of hydrogen-bond donors (Lipinski definition) is 1. The zero-order chi connectivity index (χ0) is 23.1. The number of nitrogens with one attached hydrogen (secondary N) is 1. The molecule has 32 heavy (non-hydrogen) atoms. The van der Waals surface area contributed by atoms with Gasteiger partial charge in [0, 0.05) is 33.2 Å². The standard InChI is InChI=1S/C24H27Cl3N2O3/c1-16(24(31)28-18-6-3-2-4-7-18)29(14-20-21(26)8-5-9-22(20)27)23(30)15-32-19-12-10-17(25)11-13-19/h5,8-13,16,18H,2-4,6-7,14-15H2,1H3,(H,28,31). The number of carbonyl (C=O) groups excluding carboxylic acids is 2. The van der Waals surface area contributed by atoms with Crippen molar-refractivity contribution in [3.63, 3.8) is 0 Å². The fraction of sp³-hybridized carbons (Fsp3) is 0.417. The largest absolute Gasteiger partial charge is 0.484 e. The smallest absolute Gasteiger partial charge is 0.261 e. The summed E-state index contributed by atoms with van der Waals surface area (Å²) in [6.07, 6.45) is 5.32. The van der Waals surface area contributed by atoms with E-state index in [9.17, 15) is 9.59 Å². The van der Waals surface area contributed by atoms with Crippen molar-refractivity contribution >= 4 is 46.6 Å². The van der Waals surface area contributed by atoms with Crippen molar-refractivity contribution in [1.29, 1.82) is 0 Å². The van der Waals surface area contributed by atoms with Gasteiger partial charge in [0.15, 0.2) is 6.61 Å². The van der Waals surface area contributed by atoms with Gasteiger partial charge in [-0.25, -0.2) is 0 Å². The third-order valence-electron chi connectivity index (χ3n) is 5.68. The topological polar surface area (TPSA) is 58.6 Å². The summed E-state index contributed by atoms with van der Waals surface area (Å²) in [4.78, 5) is 27.6. The van der Waals surface area contributed by atoms with E-state index in [0.29, 0.717) is 26.4 Å². The minimum Gasteiger partial charge on any atom is -0.484 e. The molecule has 0 bridgehead atoms. The van der Waals surface area contributed by atoms with E-state index in [0.717, 1.165) is 25.7 Å². The molecule has 8 heteroatoms. The molecule has 0 radical (unpaired) electrons. The molecule has 1 saturated carbocycles. The Labute approximate surface area is 204 Å². The minimum atomic E-state index is -0.717. The van der Waals surface area contributed by atoms with Crippen LogP contribution in [0.25, 0.3) is 0 Å². The molecule has 1 atom stereocenters. The van der Waals surface area contributed by atoms with Gasteiger partial charge in [0.1, 0.15) is 11.8 Å². The zero-order valence-corrected chi connectivity index (χ0v) is 20.2. The Morgan fingerprint density at radius 1 is 1.03 bits per heavy atom. The highest BCUT2D eigenvalue weighted by Crippen LogP contribution is 2.27. The zero-order valence-electron chi connectivity index (χ0n) is 18.0. The van der Waals surface area contributed by atoms with Gasteiger partial charge in [-0.2, -0.15) is 0 Å². The van der Waals surface area contributed by atoms with Gasteiger partial charge in [-0.1, -0.05) is 60.1 Å². The predicted octanol–water partition coefficient (Wildman–Crippen LogP) is 5.89. The lowest BCUT2D eigenvalue weighted by Gasteiger charge is -2.31. The highest BCUT2D eigenvalue weighted by atomic mass is 35.5. The lowest BCUT2D eigenvalue weighted by Crippen LogP contribution is -2.51. The second-order valence-electron chi connectivity index (χ2n) is 7.98. The van der Waals surface area contributed by atoms with E-state index in [1.54, 1.807) is 49.4 Å². The molecule has 0 aromatic heterocycles. The molecule has 1 aliphatic carbocycles. The lowest BCUT2D eigenvalue weighted by atomic mass is 9.95. The minimum absolute atomic E-state index is 0.0978. The van der Waals surface area contributed by atoms with Gasteiger partial charge >= 0.3 is 0 Å². The molecule has 2 amide bonds. The fourth-order valence-corrected chi connectivity index (χ4v) is 4.41.